The van der Waals surface area contributed by atoms with Gasteiger partial charge >= 0.3 is 0 Å². The number of aromatic nitrogens is 1. The van der Waals surface area contributed by atoms with Gasteiger partial charge in [-0.25, -0.2) is 4.98 Å². The Balaban J connectivity index is 2.95. The molecular weight excluding hydrogens is 186 g/mol. The molecule has 1 rings (SSSR count). The van der Waals surface area contributed by atoms with Crippen LogP contribution in [0.2, 0.25) is 0 Å². The molecule has 0 atom stereocenters. The largest absolute Gasteiger partial charge is 0.369 e. The van der Waals surface area contributed by atoms with Gasteiger partial charge in [0, 0.05) is 12.7 Å². The van der Waals surface area contributed by atoms with Crippen LogP contribution in [-0.2, 0) is 0 Å². The molecule has 0 aliphatic heterocycles. The quantitative estimate of drug-likeness (QED) is 0.818. The fraction of sp³-hybridized carbons (Fsp3) is 0.500. The van der Waals surface area contributed by atoms with Crippen LogP contribution in [0.1, 0.15) is 44.2 Å². The molecule has 0 amide bonds. The van der Waals surface area contributed by atoms with Gasteiger partial charge in [-0.2, -0.15) is 5.26 Å². The summed E-state index contributed by atoms with van der Waals surface area (Å²) in [7, 11) is 0. The summed E-state index contributed by atoms with van der Waals surface area (Å²) >= 11 is 0. The van der Waals surface area contributed by atoms with Crippen molar-refractivity contribution in [3.05, 3.63) is 23.4 Å². The first kappa shape index (κ1) is 11.5. The van der Waals surface area contributed by atoms with Crippen molar-refractivity contribution < 1.29 is 0 Å². The number of nitriles is 1. The normalized spacial score (nSPS) is 10.1. The van der Waals surface area contributed by atoms with E-state index in [1.807, 2.05) is 12.3 Å². The number of nitrogens with zero attached hydrogens (tertiary/aromatic N) is 2. The molecule has 0 bridgehead atoms. The van der Waals surface area contributed by atoms with Crippen molar-refractivity contribution in [1.29, 1.82) is 5.26 Å². The van der Waals surface area contributed by atoms with Crippen LogP contribution in [0.5, 0.6) is 0 Å². The molecule has 0 aromatic carbocycles. The highest BCUT2D eigenvalue weighted by molar-refractivity contribution is 5.52. The van der Waals surface area contributed by atoms with E-state index in [-0.39, 0.29) is 0 Å². The average molecular weight is 203 g/mol. The molecule has 0 saturated heterocycles. The Morgan fingerprint density at radius 2 is 2.27 bits per heavy atom. The fourth-order valence-electron chi connectivity index (χ4n) is 1.27. The number of rotatable bonds is 4. The van der Waals surface area contributed by atoms with Crippen LogP contribution in [0.15, 0.2) is 12.3 Å². The monoisotopic (exact) mass is 203 g/mol. The Hall–Kier alpha value is -1.56. The first-order chi connectivity index (χ1) is 7.19. The molecule has 0 saturated carbocycles. The van der Waals surface area contributed by atoms with E-state index in [4.69, 9.17) is 5.26 Å². The van der Waals surface area contributed by atoms with Gasteiger partial charge in [0.15, 0.2) is 0 Å². The molecule has 80 valence electrons. The lowest BCUT2D eigenvalue weighted by Gasteiger charge is -2.09. The highest BCUT2D eigenvalue weighted by Gasteiger charge is 2.06. The van der Waals surface area contributed by atoms with Gasteiger partial charge < -0.3 is 5.32 Å². The average Bonchev–Trinajstić information content (AvgIpc) is 2.25. The van der Waals surface area contributed by atoms with E-state index in [2.05, 4.69) is 37.1 Å². The third-order valence-electron chi connectivity index (χ3n) is 2.24. The van der Waals surface area contributed by atoms with Gasteiger partial charge in [-0.1, -0.05) is 20.8 Å². The fourth-order valence-corrected chi connectivity index (χ4v) is 1.27. The molecule has 3 heteroatoms. The van der Waals surface area contributed by atoms with Gasteiger partial charge in [0.1, 0.15) is 11.9 Å². The second kappa shape index (κ2) is 5.35. The number of hydrogen-bond donors (Lipinski definition) is 1. The maximum absolute atomic E-state index is 8.99. The standard InChI is InChI=1S/C12H17N3/c1-4-5-14-12-10(7-13)6-11(8-15-12)9(2)3/h6,8-9H,4-5H2,1-3H3,(H,14,15). The predicted molar refractivity (Wildman–Crippen MR) is 61.8 cm³/mol. The molecule has 0 aliphatic carbocycles. The molecule has 1 N–H and O–H groups in total. The molecule has 3 nitrogen and oxygen atoms in total. The van der Waals surface area contributed by atoms with Gasteiger partial charge in [-0.3, -0.25) is 0 Å². The number of hydrogen-bond acceptors (Lipinski definition) is 3. The number of pyridine rings is 1. The lowest BCUT2D eigenvalue weighted by atomic mass is 10.0. The van der Waals surface area contributed by atoms with Crippen molar-refractivity contribution in [2.75, 3.05) is 11.9 Å². The van der Waals surface area contributed by atoms with E-state index in [1.165, 1.54) is 0 Å². The Kier molecular flexibility index (Phi) is 4.11. The first-order valence-electron chi connectivity index (χ1n) is 5.33. The van der Waals surface area contributed by atoms with Gasteiger partial charge in [0.2, 0.25) is 0 Å². The van der Waals surface area contributed by atoms with Crippen LogP contribution in [0.25, 0.3) is 0 Å². The molecule has 0 aliphatic rings. The van der Waals surface area contributed by atoms with Crippen molar-refractivity contribution in [2.24, 2.45) is 0 Å². The topological polar surface area (TPSA) is 48.7 Å². The molecule has 1 heterocycles. The summed E-state index contributed by atoms with van der Waals surface area (Å²) in [4.78, 5) is 4.27. The lowest BCUT2D eigenvalue weighted by molar-refractivity contribution is 0.856. The van der Waals surface area contributed by atoms with Crippen molar-refractivity contribution in [2.45, 2.75) is 33.1 Å². The summed E-state index contributed by atoms with van der Waals surface area (Å²) in [5, 5.41) is 12.1. The first-order valence-corrected chi connectivity index (χ1v) is 5.33. The molecule has 15 heavy (non-hydrogen) atoms. The molecular formula is C12H17N3. The summed E-state index contributed by atoms with van der Waals surface area (Å²) in [5.74, 6) is 1.11. The Morgan fingerprint density at radius 1 is 1.53 bits per heavy atom. The number of nitrogens with one attached hydrogen (secondary N) is 1. The smallest absolute Gasteiger partial charge is 0.143 e. The highest BCUT2D eigenvalue weighted by atomic mass is 15.0. The molecule has 1 aromatic heterocycles. The molecule has 0 fully saturated rings. The van der Waals surface area contributed by atoms with Crippen molar-refractivity contribution in [1.82, 2.24) is 4.98 Å². The van der Waals surface area contributed by atoms with Gasteiger partial charge in [-0.15, -0.1) is 0 Å². The summed E-state index contributed by atoms with van der Waals surface area (Å²) in [5.41, 5.74) is 1.74. The van der Waals surface area contributed by atoms with Gasteiger partial charge in [0.25, 0.3) is 0 Å². The van der Waals surface area contributed by atoms with Crippen LogP contribution in [0.4, 0.5) is 5.82 Å². The van der Waals surface area contributed by atoms with Crippen LogP contribution < -0.4 is 5.32 Å². The van der Waals surface area contributed by atoms with Crippen molar-refractivity contribution in [3.63, 3.8) is 0 Å². The zero-order valence-corrected chi connectivity index (χ0v) is 9.54. The highest BCUT2D eigenvalue weighted by Crippen LogP contribution is 2.19. The second-order valence-electron chi connectivity index (χ2n) is 3.86. The van der Waals surface area contributed by atoms with Crippen LogP contribution in [-0.4, -0.2) is 11.5 Å². The van der Waals surface area contributed by atoms with E-state index in [0.29, 0.717) is 17.3 Å². The maximum Gasteiger partial charge on any atom is 0.143 e. The Labute approximate surface area is 91.1 Å². The third-order valence-corrected chi connectivity index (χ3v) is 2.24. The third kappa shape index (κ3) is 2.95. The van der Waals surface area contributed by atoms with E-state index < -0.39 is 0 Å². The van der Waals surface area contributed by atoms with Crippen LogP contribution >= 0.6 is 0 Å². The molecule has 1 aromatic rings. The molecule has 0 spiro atoms. The summed E-state index contributed by atoms with van der Waals surface area (Å²) < 4.78 is 0. The number of anilines is 1. The zero-order valence-electron chi connectivity index (χ0n) is 9.54. The summed E-state index contributed by atoms with van der Waals surface area (Å²) in [6, 6.07) is 4.09. The van der Waals surface area contributed by atoms with Crippen molar-refractivity contribution >= 4 is 5.82 Å². The van der Waals surface area contributed by atoms with E-state index in [9.17, 15) is 0 Å². The summed E-state index contributed by atoms with van der Waals surface area (Å²) in [6.45, 7) is 7.12. The predicted octanol–water partition coefficient (Wildman–Crippen LogP) is 2.90. The Bertz CT molecular complexity index is 364. The zero-order chi connectivity index (χ0) is 11.3. The molecule has 0 unspecified atom stereocenters. The van der Waals surface area contributed by atoms with Crippen LogP contribution in [0, 0.1) is 11.3 Å². The van der Waals surface area contributed by atoms with E-state index in [1.54, 1.807) is 0 Å². The van der Waals surface area contributed by atoms with Crippen LogP contribution in [0.3, 0.4) is 0 Å². The minimum Gasteiger partial charge on any atom is -0.369 e. The van der Waals surface area contributed by atoms with E-state index in [0.717, 1.165) is 18.5 Å². The minimum absolute atomic E-state index is 0.407. The second-order valence-corrected chi connectivity index (χ2v) is 3.86. The molecule has 0 radical (unpaired) electrons. The minimum atomic E-state index is 0.407. The lowest BCUT2D eigenvalue weighted by Crippen LogP contribution is -2.05. The Morgan fingerprint density at radius 3 is 2.80 bits per heavy atom. The van der Waals surface area contributed by atoms with Crippen molar-refractivity contribution in [3.8, 4) is 6.07 Å². The van der Waals surface area contributed by atoms with E-state index >= 15 is 0 Å². The van der Waals surface area contributed by atoms with Gasteiger partial charge in [-0.05, 0) is 24.0 Å². The summed E-state index contributed by atoms with van der Waals surface area (Å²) in [6.07, 6.45) is 2.86. The maximum atomic E-state index is 8.99. The SMILES string of the molecule is CCCNc1ncc(C(C)C)cc1C#N. The van der Waals surface area contributed by atoms with Gasteiger partial charge in [0.05, 0.1) is 5.56 Å².